The van der Waals surface area contributed by atoms with Crippen LogP contribution >= 0.6 is 0 Å². The molecule has 3 rings (SSSR count). The molecule has 1 aromatic rings. The summed E-state index contributed by atoms with van der Waals surface area (Å²) in [6.07, 6.45) is 4.71. The zero-order valence-corrected chi connectivity index (χ0v) is 9.89. The van der Waals surface area contributed by atoms with Gasteiger partial charge < -0.3 is 4.90 Å². The van der Waals surface area contributed by atoms with Gasteiger partial charge in [-0.15, -0.1) is 0 Å². The van der Waals surface area contributed by atoms with E-state index in [1.807, 2.05) is 6.20 Å². The third-order valence-electron chi connectivity index (χ3n) is 3.81. The molecule has 16 heavy (non-hydrogen) atoms. The molecule has 1 unspecified atom stereocenters. The molecule has 1 atom stereocenters. The number of anilines is 1. The summed E-state index contributed by atoms with van der Waals surface area (Å²) in [7, 11) is 0. The molecule has 2 saturated heterocycles. The van der Waals surface area contributed by atoms with Gasteiger partial charge in [0.2, 0.25) is 0 Å². The topological polar surface area (TPSA) is 19.4 Å². The van der Waals surface area contributed by atoms with Gasteiger partial charge in [-0.2, -0.15) is 0 Å². The fourth-order valence-electron chi connectivity index (χ4n) is 2.85. The molecular formula is C13H19N3. The lowest BCUT2D eigenvalue weighted by atomic mass is 10.1. The minimum atomic E-state index is 0.775. The van der Waals surface area contributed by atoms with Crippen molar-refractivity contribution in [2.75, 3.05) is 31.1 Å². The van der Waals surface area contributed by atoms with Gasteiger partial charge in [0.05, 0.1) is 0 Å². The molecule has 86 valence electrons. The van der Waals surface area contributed by atoms with E-state index in [1.165, 1.54) is 31.5 Å². The average Bonchev–Trinajstić information content (AvgIpc) is 2.77. The smallest absolute Gasteiger partial charge is 0.128 e. The van der Waals surface area contributed by atoms with E-state index < -0.39 is 0 Å². The number of rotatable bonds is 1. The molecule has 0 spiro atoms. The molecule has 0 saturated carbocycles. The standard InChI is InChI=1S/C13H19N3/c1-11-4-5-13(14-9-11)16-8-7-15-6-2-3-12(15)10-16/h4-5,9,12H,2-3,6-8,10H2,1H3. The summed E-state index contributed by atoms with van der Waals surface area (Å²) >= 11 is 0. The molecule has 0 bridgehead atoms. The zero-order valence-electron chi connectivity index (χ0n) is 9.89. The number of pyridine rings is 1. The van der Waals surface area contributed by atoms with E-state index in [9.17, 15) is 0 Å². The minimum Gasteiger partial charge on any atom is -0.354 e. The van der Waals surface area contributed by atoms with Gasteiger partial charge in [0.25, 0.3) is 0 Å². The predicted molar refractivity (Wildman–Crippen MR) is 65.8 cm³/mol. The van der Waals surface area contributed by atoms with Crippen molar-refractivity contribution < 1.29 is 0 Å². The van der Waals surface area contributed by atoms with Crippen LogP contribution in [-0.4, -0.2) is 42.1 Å². The molecule has 1 aromatic heterocycles. The number of hydrogen-bond donors (Lipinski definition) is 0. The normalized spacial score (nSPS) is 25.8. The minimum absolute atomic E-state index is 0.775. The monoisotopic (exact) mass is 217 g/mol. The van der Waals surface area contributed by atoms with Gasteiger partial charge in [0.15, 0.2) is 0 Å². The Morgan fingerprint density at radius 2 is 2.19 bits per heavy atom. The lowest BCUT2D eigenvalue weighted by molar-refractivity contribution is 0.230. The van der Waals surface area contributed by atoms with Crippen molar-refractivity contribution >= 4 is 5.82 Å². The van der Waals surface area contributed by atoms with Crippen LogP contribution in [0, 0.1) is 6.92 Å². The maximum Gasteiger partial charge on any atom is 0.128 e. The van der Waals surface area contributed by atoms with Gasteiger partial charge in [0.1, 0.15) is 5.82 Å². The first-order valence-electron chi connectivity index (χ1n) is 6.24. The van der Waals surface area contributed by atoms with Gasteiger partial charge in [-0.3, -0.25) is 4.90 Å². The molecule has 2 aliphatic rings. The van der Waals surface area contributed by atoms with Crippen LogP contribution in [0.2, 0.25) is 0 Å². The van der Waals surface area contributed by atoms with E-state index in [1.54, 1.807) is 0 Å². The molecule has 0 radical (unpaired) electrons. The van der Waals surface area contributed by atoms with E-state index in [2.05, 4.69) is 33.8 Å². The Hall–Kier alpha value is -1.09. The number of piperazine rings is 1. The second kappa shape index (κ2) is 4.06. The van der Waals surface area contributed by atoms with Crippen molar-refractivity contribution in [1.29, 1.82) is 0 Å². The summed E-state index contributed by atoms with van der Waals surface area (Å²) in [5, 5.41) is 0. The van der Waals surface area contributed by atoms with E-state index in [0.29, 0.717) is 0 Å². The van der Waals surface area contributed by atoms with E-state index in [-0.39, 0.29) is 0 Å². The highest BCUT2D eigenvalue weighted by atomic mass is 15.3. The van der Waals surface area contributed by atoms with Crippen LogP contribution in [0.1, 0.15) is 18.4 Å². The second-order valence-electron chi connectivity index (χ2n) is 4.97. The molecular weight excluding hydrogens is 198 g/mol. The van der Waals surface area contributed by atoms with Crippen molar-refractivity contribution in [2.24, 2.45) is 0 Å². The van der Waals surface area contributed by atoms with Crippen LogP contribution < -0.4 is 4.90 Å². The average molecular weight is 217 g/mol. The van der Waals surface area contributed by atoms with Crippen molar-refractivity contribution in [3.8, 4) is 0 Å². The van der Waals surface area contributed by atoms with Crippen LogP contribution in [0.3, 0.4) is 0 Å². The summed E-state index contributed by atoms with van der Waals surface area (Å²) in [5.74, 6) is 1.15. The molecule has 0 amide bonds. The molecule has 3 heterocycles. The van der Waals surface area contributed by atoms with Gasteiger partial charge in [-0.05, 0) is 37.9 Å². The van der Waals surface area contributed by atoms with Gasteiger partial charge in [-0.1, -0.05) is 6.07 Å². The van der Waals surface area contributed by atoms with E-state index in [4.69, 9.17) is 0 Å². The first-order valence-corrected chi connectivity index (χ1v) is 6.24. The first-order chi connectivity index (χ1) is 7.83. The van der Waals surface area contributed by atoms with Gasteiger partial charge >= 0.3 is 0 Å². The van der Waals surface area contributed by atoms with E-state index >= 15 is 0 Å². The van der Waals surface area contributed by atoms with Crippen molar-refractivity contribution in [3.05, 3.63) is 23.9 Å². The highest BCUT2D eigenvalue weighted by Crippen LogP contribution is 2.24. The van der Waals surface area contributed by atoms with Gasteiger partial charge in [-0.25, -0.2) is 4.98 Å². The van der Waals surface area contributed by atoms with Crippen LogP contribution in [0.15, 0.2) is 18.3 Å². The molecule has 3 nitrogen and oxygen atoms in total. The third kappa shape index (κ3) is 1.80. The van der Waals surface area contributed by atoms with E-state index in [0.717, 1.165) is 24.9 Å². The summed E-state index contributed by atoms with van der Waals surface area (Å²) in [4.78, 5) is 9.59. The van der Waals surface area contributed by atoms with Crippen LogP contribution in [0.4, 0.5) is 5.82 Å². The number of aromatic nitrogens is 1. The van der Waals surface area contributed by atoms with Crippen LogP contribution in [0.5, 0.6) is 0 Å². The highest BCUT2D eigenvalue weighted by Gasteiger charge is 2.30. The van der Waals surface area contributed by atoms with Gasteiger partial charge in [0, 0.05) is 31.9 Å². The Morgan fingerprint density at radius 1 is 1.25 bits per heavy atom. The number of hydrogen-bond acceptors (Lipinski definition) is 3. The molecule has 0 aliphatic carbocycles. The first kappa shape index (κ1) is 10.1. The predicted octanol–water partition coefficient (Wildman–Crippen LogP) is 1.67. The quantitative estimate of drug-likeness (QED) is 0.713. The molecule has 0 N–H and O–H groups in total. The second-order valence-corrected chi connectivity index (χ2v) is 4.97. The van der Waals surface area contributed by atoms with Crippen LogP contribution in [0.25, 0.3) is 0 Å². The zero-order chi connectivity index (χ0) is 11.0. The number of aryl methyl sites for hydroxylation is 1. The Bertz CT molecular complexity index is 360. The number of nitrogens with zero attached hydrogens (tertiary/aromatic N) is 3. The van der Waals surface area contributed by atoms with Crippen LogP contribution in [-0.2, 0) is 0 Å². The van der Waals surface area contributed by atoms with Crippen molar-refractivity contribution in [3.63, 3.8) is 0 Å². The maximum atomic E-state index is 4.52. The van der Waals surface area contributed by atoms with Crippen molar-refractivity contribution in [1.82, 2.24) is 9.88 Å². The molecule has 2 fully saturated rings. The summed E-state index contributed by atoms with van der Waals surface area (Å²) < 4.78 is 0. The summed E-state index contributed by atoms with van der Waals surface area (Å²) in [5.41, 5.74) is 1.24. The lowest BCUT2D eigenvalue weighted by Crippen LogP contribution is -2.50. The summed E-state index contributed by atoms with van der Waals surface area (Å²) in [6.45, 7) is 6.90. The number of fused-ring (bicyclic) bond motifs is 1. The lowest BCUT2D eigenvalue weighted by Gasteiger charge is -2.38. The Balaban J connectivity index is 1.74. The fraction of sp³-hybridized carbons (Fsp3) is 0.615. The Morgan fingerprint density at radius 3 is 3.00 bits per heavy atom. The third-order valence-corrected chi connectivity index (χ3v) is 3.81. The van der Waals surface area contributed by atoms with Crippen molar-refractivity contribution in [2.45, 2.75) is 25.8 Å². The molecule has 0 aromatic carbocycles. The Kier molecular flexibility index (Phi) is 2.56. The largest absolute Gasteiger partial charge is 0.354 e. The SMILES string of the molecule is Cc1ccc(N2CCN3CCCC3C2)nc1. The maximum absolute atomic E-state index is 4.52. The molecule has 3 heteroatoms. The highest BCUT2D eigenvalue weighted by molar-refractivity contribution is 5.40. The summed E-state index contributed by atoms with van der Waals surface area (Å²) in [6, 6.07) is 5.08. The Labute approximate surface area is 97.1 Å². The molecule has 2 aliphatic heterocycles. The fourth-order valence-corrected chi connectivity index (χ4v) is 2.85.